The van der Waals surface area contributed by atoms with Crippen LogP contribution in [0.15, 0.2) is 60.0 Å². The zero-order valence-corrected chi connectivity index (χ0v) is 20.0. The third-order valence-corrected chi connectivity index (χ3v) is 6.44. The highest BCUT2D eigenvalue weighted by molar-refractivity contribution is 7.10. The van der Waals surface area contributed by atoms with Crippen molar-refractivity contribution in [2.45, 2.75) is 39.9 Å². The molecule has 0 bridgehead atoms. The first-order valence-corrected chi connectivity index (χ1v) is 11.6. The second-order valence-electron chi connectivity index (χ2n) is 8.24. The maximum atomic E-state index is 13.4. The summed E-state index contributed by atoms with van der Waals surface area (Å²) in [5.41, 5.74) is 1.79. The summed E-state index contributed by atoms with van der Waals surface area (Å²) in [5.74, 6) is -1.09. The van der Waals surface area contributed by atoms with Crippen molar-refractivity contribution in [2.24, 2.45) is 0 Å². The van der Waals surface area contributed by atoms with Gasteiger partial charge in [0.2, 0.25) is 5.91 Å². The summed E-state index contributed by atoms with van der Waals surface area (Å²) in [5, 5.41) is 13.1. The summed E-state index contributed by atoms with van der Waals surface area (Å²) in [6.07, 6.45) is 0. The van der Waals surface area contributed by atoms with Crippen LogP contribution < -0.4 is 0 Å². The lowest BCUT2D eigenvalue weighted by molar-refractivity contribution is -0.384. The molecule has 3 aromatic rings. The Labute approximate surface area is 201 Å². The summed E-state index contributed by atoms with van der Waals surface area (Å²) < 4.78 is 13.4. The average molecular weight is 484 g/mol. The van der Waals surface area contributed by atoms with Gasteiger partial charge in [-0.25, -0.2) is 4.39 Å². The molecule has 0 spiro atoms. The Hall–Kier alpha value is -3.59. The highest BCUT2D eigenvalue weighted by atomic mass is 32.1. The SMILES string of the molecule is Cc1ccsc1CN(Cc1ccc(F)cc1)C(=O)CN(C(=O)c1cccc([N+](=O)[O-])c1)C(C)C. The quantitative estimate of drug-likeness (QED) is 0.310. The molecular weight excluding hydrogens is 457 g/mol. The van der Waals surface area contributed by atoms with Crippen LogP contribution in [-0.2, 0) is 17.9 Å². The summed E-state index contributed by atoms with van der Waals surface area (Å²) in [6, 6.07) is 13.1. The highest BCUT2D eigenvalue weighted by Gasteiger charge is 2.26. The first-order chi connectivity index (χ1) is 16.2. The van der Waals surface area contributed by atoms with Crippen LogP contribution in [0, 0.1) is 22.9 Å². The molecule has 0 aliphatic rings. The predicted octanol–water partition coefficient (Wildman–Crippen LogP) is 5.18. The van der Waals surface area contributed by atoms with E-state index in [4.69, 9.17) is 0 Å². The van der Waals surface area contributed by atoms with Crippen molar-refractivity contribution in [3.63, 3.8) is 0 Å². The van der Waals surface area contributed by atoms with Crippen LogP contribution in [0.1, 0.15) is 40.2 Å². The van der Waals surface area contributed by atoms with Crippen LogP contribution in [0.3, 0.4) is 0 Å². The molecule has 0 saturated carbocycles. The van der Waals surface area contributed by atoms with E-state index in [0.29, 0.717) is 6.54 Å². The molecule has 0 saturated heterocycles. The van der Waals surface area contributed by atoms with Gasteiger partial charge < -0.3 is 9.80 Å². The lowest BCUT2D eigenvalue weighted by atomic mass is 10.1. The number of carbonyl (C=O) groups excluding carboxylic acids is 2. The number of nitro benzene ring substituents is 1. The molecule has 178 valence electrons. The molecule has 1 heterocycles. The molecule has 0 radical (unpaired) electrons. The maximum absolute atomic E-state index is 13.4. The number of benzene rings is 2. The number of nitro groups is 1. The van der Waals surface area contributed by atoms with Crippen molar-refractivity contribution >= 4 is 28.8 Å². The van der Waals surface area contributed by atoms with Gasteiger partial charge in [0.1, 0.15) is 12.4 Å². The van der Waals surface area contributed by atoms with Crippen molar-refractivity contribution in [1.29, 1.82) is 0 Å². The van der Waals surface area contributed by atoms with Gasteiger partial charge in [-0.3, -0.25) is 19.7 Å². The molecule has 9 heteroatoms. The monoisotopic (exact) mass is 483 g/mol. The van der Waals surface area contributed by atoms with Crippen molar-refractivity contribution < 1.29 is 18.9 Å². The molecule has 0 unspecified atom stereocenters. The fourth-order valence-corrected chi connectivity index (χ4v) is 4.36. The van der Waals surface area contributed by atoms with E-state index in [1.165, 1.54) is 41.3 Å². The molecule has 3 rings (SSSR count). The number of hydrogen-bond donors (Lipinski definition) is 0. The molecule has 0 aliphatic carbocycles. The normalized spacial score (nSPS) is 10.9. The molecule has 7 nitrogen and oxygen atoms in total. The molecule has 0 aliphatic heterocycles. The molecule has 2 aromatic carbocycles. The van der Waals surface area contributed by atoms with Crippen molar-refractivity contribution in [2.75, 3.05) is 6.54 Å². The fourth-order valence-electron chi connectivity index (χ4n) is 3.43. The molecule has 2 amide bonds. The standard InChI is InChI=1S/C25H26FN3O4S/c1-17(2)28(25(31)20-5-4-6-22(13-20)29(32)33)16-24(30)27(15-23-18(3)11-12-34-23)14-19-7-9-21(26)10-8-19/h4-13,17H,14-16H2,1-3H3. The van der Waals surface area contributed by atoms with E-state index in [-0.39, 0.29) is 42.1 Å². The topological polar surface area (TPSA) is 83.8 Å². The predicted molar refractivity (Wildman–Crippen MR) is 129 cm³/mol. The van der Waals surface area contributed by atoms with Crippen molar-refractivity contribution in [3.05, 3.63) is 97.5 Å². The summed E-state index contributed by atoms with van der Waals surface area (Å²) in [7, 11) is 0. The number of thiophene rings is 1. The van der Waals surface area contributed by atoms with E-state index >= 15 is 0 Å². The Morgan fingerprint density at radius 3 is 2.38 bits per heavy atom. The Morgan fingerprint density at radius 2 is 1.79 bits per heavy atom. The van der Waals surface area contributed by atoms with E-state index in [0.717, 1.165) is 16.0 Å². The number of halogens is 1. The van der Waals surface area contributed by atoms with E-state index in [2.05, 4.69) is 0 Å². The van der Waals surface area contributed by atoms with Crippen LogP contribution in [-0.4, -0.2) is 39.1 Å². The van der Waals surface area contributed by atoms with Crippen LogP contribution >= 0.6 is 11.3 Å². The Balaban J connectivity index is 1.85. The number of aryl methyl sites for hydroxylation is 1. The summed E-state index contributed by atoms with van der Waals surface area (Å²) in [6.45, 7) is 5.97. The van der Waals surface area contributed by atoms with Crippen molar-refractivity contribution in [3.8, 4) is 0 Å². The lowest BCUT2D eigenvalue weighted by Gasteiger charge is -2.30. The lowest BCUT2D eigenvalue weighted by Crippen LogP contribution is -2.45. The van der Waals surface area contributed by atoms with Crippen LogP contribution in [0.2, 0.25) is 0 Å². The maximum Gasteiger partial charge on any atom is 0.270 e. The third kappa shape index (κ3) is 6.26. The number of rotatable bonds is 9. The molecule has 1 aromatic heterocycles. The van der Waals surface area contributed by atoms with Gasteiger partial charge in [0, 0.05) is 35.2 Å². The van der Waals surface area contributed by atoms with Gasteiger partial charge in [-0.05, 0) is 61.5 Å². The number of nitrogens with zero attached hydrogens (tertiary/aromatic N) is 3. The number of non-ortho nitro benzene ring substituents is 1. The second-order valence-corrected chi connectivity index (χ2v) is 9.24. The van der Waals surface area contributed by atoms with Gasteiger partial charge in [-0.1, -0.05) is 18.2 Å². The first-order valence-electron chi connectivity index (χ1n) is 10.8. The Morgan fingerprint density at radius 1 is 1.09 bits per heavy atom. The fraction of sp³-hybridized carbons (Fsp3) is 0.280. The summed E-state index contributed by atoms with van der Waals surface area (Å²) in [4.78, 5) is 41.2. The number of amides is 2. The van der Waals surface area contributed by atoms with Crippen LogP contribution in [0.4, 0.5) is 10.1 Å². The minimum atomic E-state index is -0.560. The van der Waals surface area contributed by atoms with Crippen LogP contribution in [0.5, 0.6) is 0 Å². The van der Waals surface area contributed by atoms with Gasteiger partial charge in [0.15, 0.2) is 0 Å². The summed E-state index contributed by atoms with van der Waals surface area (Å²) >= 11 is 1.54. The van der Waals surface area contributed by atoms with E-state index in [1.54, 1.807) is 42.2 Å². The van der Waals surface area contributed by atoms with E-state index in [9.17, 15) is 24.1 Å². The minimum Gasteiger partial charge on any atom is -0.332 e. The zero-order chi connectivity index (χ0) is 24.8. The Bertz CT molecular complexity index is 1180. The Kier molecular flexibility index (Phi) is 8.12. The zero-order valence-electron chi connectivity index (χ0n) is 19.2. The highest BCUT2D eigenvalue weighted by Crippen LogP contribution is 2.21. The van der Waals surface area contributed by atoms with Crippen LogP contribution in [0.25, 0.3) is 0 Å². The minimum absolute atomic E-state index is 0.148. The first kappa shape index (κ1) is 25.0. The van der Waals surface area contributed by atoms with Gasteiger partial charge >= 0.3 is 0 Å². The third-order valence-electron chi connectivity index (χ3n) is 5.44. The second kappa shape index (κ2) is 11.0. The smallest absolute Gasteiger partial charge is 0.270 e. The van der Waals surface area contributed by atoms with Gasteiger partial charge in [-0.15, -0.1) is 11.3 Å². The largest absolute Gasteiger partial charge is 0.332 e. The van der Waals surface area contributed by atoms with Crippen molar-refractivity contribution in [1.82, 2.24) is 9.80 Å². The number of carbonyl (C=O) groups is 2. The van der Waals surface area contributed by atoms with Gasteiger partial charge in [-0.2, -0.15) is 0 Å². The molecule has 0 atom stereocenters. The van der Waals surface area contributed by atoms with Gasteiger partial charge in [0.05, 0.1) is 11.5 Å². The average Bonchev–Trinajstić information content (AvgIpc) is 3.22. The molecule has 0 fully saturated rings. The van der Waals surface area contributed by atoms with E-state index in [1.807, 2.05) is 18.4 Å². The number of hydrogen-bond acceptors (Lipinski definition) is 5. The van der Waals surface area contributed by atoms with E-state index < -0.39 is 10.8 Å². The van der Waals surface area contributed by atoms with Gasteiger partial charge in [0.25, 0.3) is 11.6 Å². The molecule has 34 heavy (non-hydrogen) atoms. The molecule has 0 N–H and O–H groups in total. The molecular formula is C25H26FN3O4S.